The van der Waals surface area contributed by atoms with E-state index >= 15 is 0 Å². The van der Waals surface area contributed by atoms with E-state index in [1.54, 1.807) is 13.2 Å². The lowest BCUT2D eigenvalue weighted by Crippen LogP contribution is -1.96. The molecule has 4 heteroatoms. The van der Waals surface area contributed by atoms with Crippen molar-refractivity contribution in [2.24, 2.45) is 0 Å². The Morgan fingerprint density at radius 3 is 2.56 bits per heavy atom. The van der Waals surface area contributed by atoms with E-state index < -0.39 is 0 Å². The average Bonchev–Trinajstić information content (AvgIpc) is 2.37. The molecule has 2 aromatic rings. The summed E-state index contributed by atoms with van der Waals surface area (Å²) in [5.41, 5.74) is 8.61. The minimum absolute atomic E-state index is 0.454. The molecule has 0 aliphatic heterocycles. The van der Waals surface area contributed by atoms with Crippen LogP contribution in [0, 0.1) is 0 Å². The zero-order valence-corrected chi connectivity index (χ0v) is 10.8. The van der Waals surface area contributed by atoms with Gasteiger partial charge in [-0.1, -0.05) is 19.9 Å². The summed E-state index contributed by atoms with van der Waals surface area (Å²) in [7, 11) is 1.66. The second kappa shape index (κ2) is 5.04. The maximum Gasteiger partial charge on any atom is 0.128 e. The number of nitrogens with zero attached hydrogens (tertiary/aromatic N) is 2. The summed E-state index contributed by atoms with van der Waals surface area (Å²) in [6, 6.07) is 7.88. The Balaban J connectivity index is 2.51. The first-order valence-corrected chi connectivity index (χ1v) is 5.87. The van der Waals surface area contributed by atoms with Crippen LogP contribution in [-0.2, 0) is 0 Å². The molecule has 2 rings (SSSR count). The fraction of sp³-hybridized carbons (Fsp3) is 0.286. The van der Waals surface area contributed by atoms with Crippen molar-refractivity contribution in [3.05, 3.63) is 36.2 Å². The zero-order valence-electron chi connectivity index (χ0n) is 10.8. The molecule has 0 aliphatic carbocycles. The predicted molar refractivity (Wildman–Crippen MR) is 72.5 cm³/mol. The highest BCUT2D eigenvalue weighted by Gasteiger charge is 2.10. The molecular formula is C14H17N3O. The lowest BCUT2D eigenvalue weighted by atomic mass is 9.99. The van der Waals surface area contributed by atoms with Crippen LogP contribution < -0.4 is 10.5 Å². The fourth-order valence-electron chi connectivity index (χ4n) is 1.80. The van der Waals surface area contributed by atoms with Crippen molar-refractivity contribution in [1.82, 2.24) is 9.97 Å². The molecule has 18 heavy (non-hydrogen) atoms. The van der Waals surface area contributed by atoms with Gasteiger partial charge >= 0.3 is 0 Å². The van der Waals surface area contributed by atoms with E-state index in [0.29, 0.717) is 11.7 Å². The second-order valence-corrected chi connectivity index (χ2v) is 4.44. The predicted octanol–water partition coefficient (Wildman–Crippen LogP) is 2.86. The molecule has 4 nitrogen and oxygen atoms in total. The van der Waals surface area contributed by atoms with Gasteiger partial charge in [-0.15, -0.1) is 0 Å². The van der Waals surface area contributed by atoms with Gasteiger partial charge in [-0.05, 0) is 23.6 Å². The average molecular weight is 243 g/mol. The third-order valence-electron chi connectivity index (χ3n) is 2.86. The number of hydrogen-bond acceptors (Lipinski definition) is 4. The molecule has 0 unspecified atom stereocenters. The Labute approximate surface area is 107 Å². The lowest BCUT2D eigenvalue weighted by molar-refractivity contribution is 0.415. The minimum atomic E-state index is 0.454. The Hall–Kier alpha value is -2.10. The Bertz CT molecular complexity index is 552. The van der Waals surface area contributed by atoms with E-state index in [1.807, 2.05) is 12.1 Å². The van der Waals surface area contributed by atoms with E-state index in [9.17, 15) is 0 Å². The number of anilines is 1. The second-order valence-electron chi connectivity index (χ2n) is 4.44. The number of aromatic nitrogens is 2. The van der Waals surface area contributed by atoms with Crippen LogP contribution in [0.15, 0.2) is 30.6 Å². The highest BCUT2D eigenvalue weighted by molar-refractivity contribution is 5.69. The molecule has 1 aromatic carbocycles. The first kappa shape index (κ1) is 12.4. The van der Waals surface area contributed by atoms with Crippen molar-refractivity contribution in [2.75, 3.05) is 12.8 Å². The molecule has 1 aromatic heterocycles. The molecule has 1 heterocycles. The van der Waals surface area contributed by atoms with Crippen molar-refractivity contribution in [3.8, 4) is 17.0 Å². The molecule has 0 radical (unpaired) electrons. The molecule has 0 saturated carbocycles. The molecule has 0 fully saturated rings. The highest BCUT2D eigenvalue weighted by atomic mass is 16.5. The highest BCUT2D eigenvalue weighted by Crippen LogP contribution is 2.31. The van der Waals surface area contributed by atoms with Crippen LogP contribution in [0.2, 0.25) is 0 Å². The van der Waals surface area contributed by atoms with Crippen LogP contribution in [0.25, 0.3) is 11.3 Å². The molecule has 0 amide bonds. The number of nitrogen functional groups attached to an aromatic ring is 1. The summed E-state index contributed by atoms with van der Waals surface area (Å²) < 4.78 is 5.43. The van der Waals surface area contributed by atoms with Gasteiger partial charge in [0.05, 0.1) is 12.8 Å². The molecule has 0 bridgehead atoms. The summed E-state index contributed by atoms with van der Waals surface area (Å²) >= 11 is 0. The molecule has 2 N–H and O–H groups in total. The Morgan fingerprint density at radius 2 is 1.94 bits per heavy atom. The largest absolute Gasteiger partial charge is 0.496 e. The molecular weight excluding hydrogens is 226 g/mol. The zero-order chi connectivity index (χ0) is 13.1. The topological polar surface area (TPSA) is 61.0 Å². The van der Waals surface area contributed by atoms with Crippen molar-refractivity contribution in [2.45, 2.75) is 19.8 Å². The van der Waals surface area contributed by atoms with Gasteiger partial charge in [0.2, 0.25) is 0 Å². The van der Waals surface area contributed by atoms with Gasteiger partial charge < -0.3 is 10.5 Å². The number of hydrogen-bond donors (Lipinski definition) is 1. The van der Waals surface area contributed by atoms with Gasteiger partial charge in [0.25, 0.3) is 0 Å². The van der Waals surface area contributed by atoms with Crippen LogP contribution in [-0.4, -0.2) is 17.1 Å². The minimum Gasteiger partial charge on any atom is -0.496 e. The maximum absolute atomic E-state index is 5.67. The van der Waals surface area contributed by atoms with Gasteiger partial charge in [-0.2, -0.15) is 0 Å². The van der Waals surface area contributed by atoms with Gasteiger partial charge in [0.15, 0.2) is 0 Å². The van der Waals surface area contributed by atoms with Crippen molar-refractivity contribution < 1.29 is 4.74 Å². The lowest BCUT2D eigenvalue weighted by Gasteiger charge is -2.12. The fourth-order valence-corrected chi connectivity index (χ4v) is 1.80. The van der Waals surface area contributed by atoms with E-state index in [1.165, 1.54) is 11.9 Å². The van der Waals surface area contributed by atoms with Crippen molar-refractivity contribution in [3.63, 3.8) is 0 Å². The van der Waals surface area contributed by atoms with E-state index in [0.717, 1.165) is 17.0 Å². The third kappa shape index (κ3) is 2.42. The molecule has 0 atom stereocenters. The number of methoxy groups -OCH3 is 1. The number of nitrogens with two attached hydrogens (primary N) is 1. The molecule has 94 valence electrons. The first-order chi connectivity index (χ1) is 8.61. The maximum atomic E-state index is 5.67. The van der Waals surface area contributed by atoms with Crippen LogP contribution >= 0.6 is 0 Å². The van der Waals surface area contributed by atoms with E-state index in [-0.39, 0.29) is 0 Å². The smallest absolute Gasteiger partial charge is 0.128 e. The quantitative estimate of drug-likeness (QED) is 0.900. The molecule has 0 saturated heterocycles. The van der Waals surface area contributed by atoms with Gasteiger partial charge in [-0.25, -0.2) is 9.97 Å². The van der Waals surface area contributed by atoms with Gasteiger partial charge in [0.1, 0.15) is 17.9 Å². The van der Waals surface area contributed by atoms with Crippen molar-refractivity contribution in [1.29, 1.82) is 0 Å². The normalized spacial score (nSPS) is 10.7. The van der Waals surface area contributed by atoms with Crippen molar-refractivity contribution >= 4 is 5.82 Å². The van der Waals surface area contributed by atoms with Crippen LogP contribution in [0.4, 0.5) is 5.82 Å². The van der Waals surface area contributed by atoms with Crippen LogP contribution in [0.3, 0.4) is 0 Å². The van der Waals surface area contributed by atoms with Gasteiger partial charge in [0, 0.05) is 11.6 Å². The Morgan fingerprint density at radius 1 is 1.17 bits per heavy atom. The summed E-state index contributed by atoms with van der Waals surface area (Å²) in [5, 5.41) is 0. The summed E-state index contributed by atoms with van der Waals surface area (Å²) in [6.45, 7) is 4.30. The van der Waals surface area contributed by atoms with Crippen LogP contribution in [0.1, 0.15) is 25.3 Å². The van der Waals surface area contributed by atoms with Gasteiger partial charge in [-0.3, -0.25) is 0 Å². The van der Waals surface area contributed by atoms with Crippen LogP contribution in [0.5, 0.6) is 5.75 Å². The number of rotatable bonds is 3. The summed E-state index contributed by atoms with van der Waals surface area (Å²) in [6.07, 6.45) is 1.46. The Kier molecular flexibility index (Phi) is 3.46. The third-order valence-corrected chi connectivity index (χ3v) is 2.86. The monoisotopic (exact) mass is 243 g/mol. The summed E-state index contributed by atoms with van der Waals surface area (Å²) in [5.74, 6) is 1.72. The molecule has 0 spiro atoms. The molecule has 0 aliphatic rings. The first-order valence-electron chi connectivity index (χ1n) is 5.87. The van der Waals surface area contributed by atoms with E-state index in [2.05, 4.69) is 29.9 Å². The SMILES string of the molecule is COc1cc(C(C)C)ccc1-c1cc(N)ncn1. The number of ether oxygens (including phenoxy) is 1. The number of benzene rings is 1. The standard InChI is InChI=1S/C14H17N3O/c1-9(2)10-4-5-11(13(6-10)18-3)12-7-14(15)17-8-16-12/h4-9H,1-3H3,(H2,15,16,17). The van der Waals surface area contributed by atoms with E-state index in [4.69, 9.17) is 10.5 Å². The summed E-state index contributed by atoms with van der Waals surface area (Å²) in [4.78, 5) is 8.11.